The van der Waals surface area contributed by atoms with Crippen molar-refractivity contribution in [3.63, 3.8) is 0 Å². The van der Waals surface area contributed by atoms with Crippen molar-refractivity contribution in [2.24, 2.45) is 11.8 Å². The highest BCUT2D eigenvalue weighted by Crippen LogP contribution is 2.45. The summed E-state index contributed by atoms with van der Waals surface area (Å²) < 4.78 is 35.9. The number of aliphatic hydroxyl groups excluding tert-OH is 1. The number of urea groups is 3. The SMILES string of the molecule is CC1(C)c2cnc(NC3CCOCC3)nc2CN1C(=O)NC1CC(CO)CN(Cc2ccccc2F)C1.CC1(C)c2cnc(NC3CCOCC3)nc2CN1C(=O)NCC1CCCCC1.CC1(C)c2cnc(NC3CCOCC3)nc2CN1C(=O)NCc1ccccc1.CCC(=O)N1Cc2nc(NC3CCOCC3)ncc2C1(C)C.CN(C)C[C@@H](CC(=O)N1Cc2nc(Nc3ccccc3)ncc2C1(C)C)c1ccccc1. The summed E-state index contributed by atoms with van der Waals surface area (Å²) in [6, 6.07) is 37.8. The minimum Gasteiger partial charge on any atom is -0.396 e. The van der Waals surface area contributed by atoms with Crippen LogP contribution in [0.1, 0.15) is 258 Å². The predicted octanol–water partition coefficient (Wildman–Crippen LogP) is 15.9. The first kappa shape index (κ1) is 107. The zero-order chi connectivity index (χ0) is 104. The van der Waals surface area contributed by atoms with Gasteiger partial charge in [0.05, 0.1) is 88.9 Å². The molecule has 6 fully saturated rings. The quantitative estimate of drug-likeness (QED) is 0.0271. The molecule has 9 N–H and O–H groups in total. The number of hydrogen-bond acceptors (Lipinski definition) is 27. The zero-order valence-electron chi connectivity index (χ0n) is 88.0. The number of rotatable bonds is 24. The summed E-state index contributed by atoms with van der Waals surface area (Å²) in [7, 11) is 4.10. The van der Waals surface area contributed by atoms with Crippen LogP contribution < -0.4 is 42.5 Å². The molecule has 36 heteroatoms. The third-order valence-corrected chi connectivity index (χ3v) is 30.8. The molecule has 1 saturated carbocycles. The van der Waals surface area contributed by atoms with Crippen molar-refractivity contribution >= 4 is 65.3 Å². The summed E-state index contributed by atoms with van der Waals surface area (Å²) in [5, 5.41) is 36.2. The number of fused-ring (bicyclic) bond motifs is 5. The lowest BCUT2D eigenvalue weighted by molar-refractivity contribution is -0.137. The molecule has 0 radical (unpaired) electrons. The van der Waals surface area contributed by atoms with Crippen molar-refractivity contribution < 1.29 is 52.4 Å². The minimum atomic E-state index is -0.561. The lowest BCUT2D eigenvalue weighted by Crippen LogP contribution is -2.55. The molecule has 5 aromatic heterocycles. The van der Waals surface area contributed by atoms with Gasteiger partial charge < -0.3 is 96.0 Å². The molecule has 10 aliphatic heterocycles. The number of halogens is 1. The fourth-order valence-corrected chi connectivity index (χ4v) is 21.9. The maximum Gasteiger partial charge on any atom is 0.318 e. The van der Waals surface area contributed by atoms with Crippen LogP contribution in [0.25, 0.3) is 0 Å². The second kappa shape index (κ2) is 48.8. The molecule has 4 aromatic carbocycles. The van der Waals surface area contributed by atoms with Crippen LogP contribution >= 0.6 is 0 Å². The molecule has 147 heavy (non-hydrogen) atoms. The Kier molecular flexibility index (Phi) is 35.6. The van der Waals surface area contributed by atoms with E-state index >= 15 is 0 Å². The molecular formula is C111H152FN25O10. The Morgan fingerprint density at radius 3 is 1.22 bits per heavy atom. The van der Waals surface area contributed by atoms with Crippen LogP contribution in [0, 0.1) is 17.7 Å². The third-order valence-electron chi connectivity index (χ3n) is 30.8. The van der Waals surface area contributed by atoms with Crippen molar-refractivity contribution in [2.75, 3.05) is 126 Å². The highest BCUT2D eigenvalue weighted by Gasteiger charge is 2.48. The number of carbonyl (C=O) groups excluding carboxylic acids is 5. The van der Waals surface area contributed by atoms with Crippen LogP contribution in [0.15, 0.2) is 146 Å². The molecule has 15 heterocycles. The molecule has 2 unspecified atom stereocenters. The van der Waals surface area contributed by atoms with Crippen LogP contribution in [-0.2, 0) is 102 Å². The number of ether oxygens (including phenoxy) is 4. The Hall–Kier alpha value is -12.3. The largest absolute Gasteiger partial charge is 0.396 e. The minimum absolute atomic E-state index is 0.00696. The number of benzene rings is 4. The van der Waals surface area contributed by atoms with E-state index in [-0.39, 0.29) is 65.7 Å². The Morgan fingerprint density at radius 1 is 0.429 bits per heavy atom. The van der Waals surface area contributed by atoms with E-state index in [9.17, 15) is 33.5 Å². The van der Waals surface area contributed by atoms with Gasteiger partial charge in [-0.05, 0) is 195 Å². The molecule has 9 aromatic rings. The van der Waals surface area contributed by atoms with E-state index in [2.05, 4.69) is 136 Å². The lowest BCUT2D eigenvalue weighted by Gasteiger charge is -2.39. The van der Waals surface area contributed by atoms with E-state index in [0.717, 1.165) is 185 Å². The van der Waals surface area contributed by atoms with Gasteiger partial charge in [0.1, 0.15) is 5.82 Å². The van der Waals surface area contributed by atoms with Gasteiger partial charge >= 0.3 is 18.1 Å². The number of anilines is 6. The van der Waals surface area contributed by atoms with Crippen molar-refractivity contribution in [2.45, 2.75) is 289 Å². The number of piperidine rings is 1. The molecule has 0 spiro atoms. The van der Waals surface area contributed by atoms with Gasteiger partial charge in [-0.1, -0.05) is 123 Å². The smallest absolute Gasteiger partial charge is 0.318 e. The second-order valence-corrected chi connectivity index (χ2v) is 43.4. The van der Waals surface area contributed by atoms with Crippen molar-refractivity contribution in [3.8, 4) is 0 Å². The van der Waals surface area contributed by atoms with E-state index in [0.29, 0.717) is 144 Å². The second-order valence-electron chi connectivity index (χ2n) is 43.4. The predicted molar refractivity (Wildman–Crippen MR) is 563 cm³/mol. The third kappa shape index (κ3) is 26.9. The molecule has 20 rings (SSSR count). The maximum absolute atomic E-state index is 14.2. The number of hydrogen-bond donors (Lipinski definition) is 9. The number of likely N-dealkylation sites (N-methyl/N-ethyl adjacent to an activating group) is 1. The van der Waals surface area contributed by atoms with Crippen LogP contribution in [0.3, 0.4) is 0 Å². The number of nitrogens with zero attached hydrogens (tertiary/aromatic N) is 17. The van der Waals surface area contributed by atoms with Gasteiger partial charge in [-0.25, -0.2) is 68.6 Å². The number of nitrogens with one attached hydrogen (secondary N) is 8. The summed E-state index contributed by atoms with van der Waals surface area (Å²) in [6.45, 7) is 34.9. The number of amides is 8. The number of carbonyl (C=O) groups is 5. The van der Waals surface area contributed by atoms with E-state index in [1.807, 2.05) is 184 Å². The number of aliphatic hydroxyl groups is 1. The maximum atomic E-state index is 14.2. The van der Waals surface area contributed by atoms with E-state index in [1.165, 1.54) is 43.7 Å². The van der Waals surface area contributed by atoms with Crippen LogP contribution in [0.4, 0.5) is 54.2 Å². The first-order valence-corrected chi connectivity index (χ1v) is 52.9. The first-order valence-electron chi connectivity index (χ1n) is 52.9. The van der Waals surface area contributed by atoms with Gasteiger partial charge in [-0.3, -0.25) is 14.5 Å². The summed E-state index contributed by atoms with van der Waals surface area (Å²) in [6.07, 6.45) is 25.0. The number of likely N-dealkylation sites (tertiary alicyclic amines) is 1. The molecule has 11 aliphatic rings. The zero-order valence-corrected chi connectivity index (χ0v) is 88.0. The monoisotopic (exact) mass is 2010 g/mol. The molecule has 3 atom stereocenters. The Morgan fingerprint density at radius 2 is 0.803 bits per heavy atom. The normalized spacial score (nSPS) is 20.4. The van der Waals surface area contributed by atoms with Crippen molar-refractivity contribution in [1.82, 2.24) is 100 Å². The molecule has 8 amide bonds. The molecule has 0 bridgehead atoms. The lowest BCUT2D eigenvalue weighted by atomic mass is 9.89. The van der Waals surface area contributed by atoms with Gasteiger partial charge in [0.2, 0.25) is 41.6 Å². The fraction of sp³-hybridized carbons (Fsp3) is 0.559. The topological polar surface area (TPSA) is 390 Å². The average Bonchev–Trinajstić information content (AvgIpc) is 1.93. The summed E-state index contributed by atoms with van der Waals surface area (Å²) >= 11 is 0. The van der Waals surface area contributed by atoms with E-state index in [1.54, 1.807) is 17.0 Å². The van der Waals surface area contributed by atoms with Gasteiger partial charge in [-0.15, -0.1) is 0 Å². The van der Waals surface area contributed by atoms with Gasteiger partial charge in [0.15, 0.2) is 0 Å². The van der Waals surface area contributed by atoms with Crippen molar-refractivity contribution in [1.29, 1.82) is 0 Å². The van der Waals surface area contributed by atoms with Crippen LogP contribution in [0.5, 0.6) is 0 Å². The van der Waals surface area contributed by atoms with E-state index in [4.69, 9.17) is 38.9 Å². The van der Waals surface area contributed by atoms with Gasteiger partial charge in [-0.2, -0.15) is 0 Å². The Balaban J connectivity index is 0.000000132. The number of aromatic nitrogens is 10. The Labute approximate surface area is 864 Å². The van der Waals surface area contributed by atoms with Gasteiger partial charge in [0, 0.05) is 218 Å². The standard InChI is InChI=1S/C27H37FN6O3.C26H31N5O.C21H33N5O2.C21H27N5O2.C16H24N4O2/c1-27(2)22-12-29-25(30-20-7-9-37-10-8-20)32-24(22)16-34(27)26(36)31-21-11-18(17-35)13-33(15-21)14-19-5-3-4-6-23(19)28;1-26(2)22-16-27-25(28-21-13-9-6-10-14-21)29-23(22)18-31(26)24(32)15-20(17-30(3)4)19-11-7-5-8-12-19;2*1-21(2)17-13-22-19(24-16-8-10-28-11-9-16)25-18(17)14-26(21)20(27)23-12-15-6-4-3-5-7-15;1-4-14(21)20-10-13-12(16(20,2)3)9-17-15(19-13)18-11-5-7-22-8-6-11/h3-6,12,18,20-21,35H,7-11,13-17H2,1-2H3,(H,31,36)(H,29,30,32);5-14,16,20H,15,17-18H2,1-4H3,(H,27,28,29);13,15-16H,3-12,14H2,1-2H3,(H,23,27)(H,22,24,25);3-7,13,16H,8-12,14H2,1-2H3,(H,23,27)(H,22,24,25);9,11H,4-8,10H2,1-3H3,(H,17,18,19)/t;20-;;;/m.1.../s1. The van der Waals surface area contributed by atoms with Crippen LogP contribution in [-0.4, -0.2) is 249 Å². The number of para-hydroxylation sites is 1. The summed E-state index contributed by atoms with van der Waals surface area (Å²) in [5.41, 5.74) is 11.2. The summed E-state index contributed by atoms with van der Waals surface area (Å²) in [5.74, 6) is 3.92. The Bertz CT molecular complexity index is 5900. The highest BCUT2D eigenvalue weighted by molar-refractivity contribution is 5.81. The average molecular weight is 2020 g/mol. The summed E-state index contributed by atoms with van der Waals surface area (Å²) in [4.78, 5) is 125. The fourth-order valence-electron chi connectivity index (χ4n) is 21.9. The highest BCUT2D eigenvalue weighted by atomic mass is 19.1. The first-order chi connectivity index (χ1) is 70.8. The van der Waals surface area contributed by atoms with Crippen molar-refractivity contribution in [3.05, 3.63) is 225 Å². The van der Waals surface area contributed by atoms with Gasteiger partial charge in [0.25, 0.3) is 0 Å². The molecule has 1 aliphatic carbocycles. The van der Waals surface area contributed by atoms with E-state index < -0.39 is 22.2 Å². The molecule has 5 saturated heterocycles. The van der Waals surface area contributed by atoms with Crippen LogP contribution in [0.2, 0.25) is 0 Å². The molecule has 788 valence electrons. The molecular weight excluding hydrogens is 1860 g/mol. The molecule has 35 nitrogen and oxygen atoms in total.